The van der Waals surface area contributed by atoms with E-state index >= 15 is 0 Å². The Morgan fingerprint density at radius 3 is 2.46 bits per heavy atom. The molecule has 0 unspecified atom stereocenters. The first kappa shape index (κ1) is 30.3. The largest absolute Gasteiger partial charge is 0.489 e. The van der Waals surface area contributed by atoms with Crippen molar-refractivity contribution in [2.45, 2.75) is 36.2 Å². The summed E-state index contributed by atoms with van der Waals surface area (Å²) >= 11 is 1.29. The molecule has 1 aliphatic heterocycles. The van der Waals surface area contributed by atoms with Crippen LogP contribution in [0, 0.1) is 11.6 Å². The maximum Gasteiger partial charge on any atom is 0.414 e. The first-order valence-corrected chi connectivity index (χ1v) is 13.5. The van der Waals surface area contributed by atoms with Gasteiger partial charge in [-0.25, -0.2) is 14.3 Å². The molecule has 0 aromatic heterocycles. The molecule has 41 heavy (non-hydrogen) atoms. The number of nitrogens with one attached hydrogen (secondary N) is 1. The summed E-state index contributed by atoms with van der Waals surface area (Å²) in [4.78, 5) is 31.4. The number of aliphatic hydroxyl groups is 1. The highest BCUT2D eigenvalue weighted by Crippen LogP contribution is 2.33. The Bertz CT molecular complexity index is 1400. The zero-order valence-electron chi connectivity index (χ0n) is 21.6. The van der Waals surface area contributed by atoms with E-state index in [0.717, 1.165) is 17.0 Å². The topological polar surface area (TPSA) is 88.1 Å². The summed E-state index contributed by atoms with van der Waals surface area (Å²) in [6.45, 7) is -1.63. The van der Waals surface area contributed by atoms with Gasteiger partial charge in [0.1, 0.15) is 18.4 Å². The van der Waals surface area contributed by atoms with Crippen LogP contribution in [0.15, 0.2) is 65.6 Å². The summed E-state index contributed by atoms with van der Waals surface area (Å²) < 4.78 is 70.2. The predicted molar refractivity (Wildman–Crippen MR) is 140 cm³/mol. The van der Waals surface area contributed by atoms with Crippen molar-refractivity contribution in [1.82, 2.24) is 10.4 Å². The second-order valence-corrected chi connectivity index (χ2v) is 10.00. The highest BCUT2D eigenvalue weighted by Gasteiger charge is 2.42. The Kier molecular flexibility index (Phi) is 9.51. The lowest BCUT2D eigenvalue weighted by Gasteiger charge is -2.25. The minimum atomic E-state index is -4.67. The smallest absolute Gasteiger partial charge is 0.414 e. The average molecular weight is 597 g/mol. The summed E-state index contributed by atoms with van der Waals surface area (Å²) in [6, 6.07) is 14.0. The Morgan fingerprint density at radius 1 is 1.07 bits per heavy atom. The number of benzene rings is 3. The molecule has 218 valence electrons. The number of ether oxygens (including phenoxy) is 1. The fourth-order valence-electron chi connectivity index (χ4n) is 4.35. The van der Waals surface area contributed by atoms with Crippen LogP contribution in [0.5, 0.6) is 5.75 Å². The van der Waals surface area contributed by atoms with E-state index in [9.17, 15) is 36.6 Å². The van der Waals surface area contributed by atoms with Crippen LogP contribution in [0.3, 0.4) is 0 Å². The number of rotatable bonds is 9. The normalized spacial score (nSPS) is 17.0. The standard InChI is InChI=1S/C28H25F5N2O5S/c1-41-24-13-22(30)21(29)12-20(24)17-5-7-19(8-6-17)39-14-16-3-2-4-18(11-16)27(38)35-10-9-23(36)25(35)26(37)34-40-15-28(31,32)33/h2-8,11-13,23,25,36H,9-10,14-15H2,1H3,(H,34,37)/t23-,25-/m0/s1. The first-order chi connectivity index (χ1) is 19.5. The number of halogens is 5. The van der Waals surface area contributed by atoms with Crippen LogP contribution in [0.1, 0.15) is 22.3 Å². The molecule has 3 aromatic rings. The number of hydrogen-bond donors (Lipinski definition) is 2. The van der Waals surface area contributed by atoms with Crippen LogP contribution in [-0.4, -0.2) is 59.6 Å². The zero-order valence-corrected chi connectivity index (χ0v) is 22.4. The summed E-state index contributed by atoms with van der Waals surface area (Å²) in [5, 5.41) is 10.2. The van der Waals surface area contributed by atoms with Crippen LogP contribution in [0.4, 0.5) is 22.0 Å². The van der Waals surface area contributed by atoms with Gasteiger partial charge in [-0.2, -0.15) is 13.2 Å². The monoisotopic (exact) mass is 596 g/mol. The molecule has 1 aliphatic rings. The Balaban J connectivity index is 1.40. The molecule has 1 fully saturated rings. The van der Waals surface area contributed by atoms with Crippen molar-refractivity contribution in [2.75, 3.05) is 19.4 Å². The Morgan fingerprint density at radius 2 is 1.78 bits per heavy atom. The van der Waals surface area contributed by atoms with Gasteiger partial charge in [0.2, 0.25) is 0 Å². The zero-order chi connectivity index (χ0) is 29.7. The maximum absolute atomic E-state index is 13.8. The molecule has 2 atom stereocenters. The van der Waals surface area contributed by atoms with E-state index in [1.807, 2.05) is 0 Å². The van der Waals surface area contributed by atoms with Gasteiger partial charge in [0.15, 0.2) is 18.2 Å². The maximum atomic E-state index is 13.8. The molecule has 7 nitrogen and oxygen atoms in total. The highest BCUT2D eigenvalue weighted by atomic mass is 32.2. The van der Waals surface area contributed by atoms with E-state index in [0.29, 0.717) is 27.3 Å². The summed E-state index contributed by atoms with van der Waals surface area (Å²) in [7, 11) is 0. The van der Waals surface area contributed by atoms with Crippen LogP contribution >= 0.6 is 11.8 Å². The second kappa shape index (κ2) is 12.9. The van der Waals surface area contributed by atoms with Gasteiger partial charge in [-0.15, -0.1) is 11.8 Å². The van der Waals surface area contributed by atoms with Crippen LogP contribution in [-0.2, 0) is 16.2 Å². The molecule has 2 amide bonds. The number of carbonyl (C=O) groups is 2. The molecular formula is C28H25F5N2O5S. The van der Waals surface area contributed by atoms with Crippen molar-refractivity contribution < 1.29 is 46.2 Å². The first-order valence-electron chi connectivity index (χ1n) is 12.3. The SMILES string of the molecule is CSc1cc(F)c(F)cc1-c1ccc(OCc2cccc(C(=O)N3CC[C@H](O)[C@H]3C(=O)NOCC(F)(F)F)c2)cc1. The van der Waals surface area contributed by atoms with Gasteiger partial charge in [-0.1, -0.05) is 24.3 Å². The molecule has 2 N–H and O–H groups in total. The van der Waals surface area contributed by atoms with Crippen LogP contribution in [0.25, 0.3) is 11.1 Å². The molecule has 4 rings (SSSR count). The van der Waals surface area contributed by atoms with Gasteiger partial charge < -0.3 is 14.7 Å². The number of carbonyl (C=O) groups excluding carboxylic acids is 2. The average Bonchev–Trinajstić information content (AvgIpc) is 3.33. The number of aliphatic hydroxyl groups excluding tert-OH is 1. The number of hydroxylamine groups is 1. The minimum Gasteiger partial charge on any atom is -0.489 e. The minimum absolute atomic E-state index is 0.0145. The van der Waals surface area contributed by atoms with Gasteiger partial charge in [-0.3, -0.25) is 14.4 Å². The second-order valence-electron chi connectivity index (χ2n) is 9.15. The summed E-state index contributed by atoms with van der Waals surface area (Å²) in [5.74, 6) is -3.05. The molecule has 0 radical (unpaired) electrons. The number of likely N-dealkylation sites (tertiary alicyclic amines) is 1. The molecular weight excluding hydrogens is 571 g/mol. The van der Waals surface area contributed by atoms with Crippen LogP contribution in [0.2, 0.25) is 0 Å². The van der Waals surface area contributed by atoms with Crippen molar-refractivity contribution in [3.63, 3.8) is 0 Å². The lowest BCUT2D eigenvalue weighted by molar-refractivity contribution is -0.193. The quantitative estimate of drug-likeness (QED) is 0.203. The van der Waals surface area contributed by atoms with Crippen LogP contribution < -0.4 is 10.2 Å². The molecule has 0 bridgehead atoms. The summed E-state index contributed by atoms with van der Waals surface area (Å²) in [5.41, 5.74) is 3.66. The molecule has 1 heterocycles. The van der Waals surface area contributed by atoms with E-state index in [4.69, 9.17) is 4.74 Å². The molecule has 0 spiro atoms. The van der Waals surface area contributed by atoms with Crippen molar-refractivity contribution in [3.05, 3.63) is 83.4 Å². The van der Waals surface area contributed by atoms with Gasteiger partial charge in [-0.05, 0) is 65.8 Å². The fraction of sp³-hybridized carbons (Fsp3) is 0.286. The van der Waals surface area contributed by atoms with Gasteiger partial charge in [0.05, 0.1) is 6.10 Å². The van der Waals surface area contributed by atoms with Crippen molar-refractivity contribution in [1.29, 1.82) is 0 Å². The third-order valence-corrected chi connectivity index (χ3v) is 7.07. The predicted octanol–water partition coefficient (Wildman–Crippen LogP) is 5.12. The van der Waals surface area contributed by atoms with Crippen molar-refractivity contribution >= 4 is 23.6 Å². The Labute approximate surface area is 236 Å². The third kappa shape index (κ3) is 7.54. The molecule has 1 saturated heterocycles. The number of nitrogens with zero attached hydrogens (tertiary/aromatic N) is 1. The lowest BCUT2D eigenvalue weighted by atomic mass is 10.1. The molecule has 13 heteroatoms. The fourth-order valence-corrected chi connectivity index (χ4v) is 4.97. The summed E-state index contributed by atoms with van der Waals surface area (Å²) in [6.07, 6.45) is -4.12. The molecule has 0 aliphatic carbocycles. The van der Waals surface area contributed by atoms with E-state index in [1.54, 1.807) is 54.2 Å². The van der Waals surface area contributed by atoms with E-state index in [2.05, 4.69) is 4.84 Å². The highest BCUT2D eigenvalue weighted by molar-refractivity contribution is 7.98. The van der Waals surface area contributed by atoms with E-state index < -0.39 is 48.4 Å². The number of thioether (sulfide) groups is 1. The number of hydrogen-bond acceptors (Lipinski definition) is 6. The third-order valence-electron chi connectivity index (χ3n) is 6.29. The molecule has 0 saturated carbocycles. The number of amides is 2. The lowest BCUT2D eigenvalue weighted by Crippen LogP contribution is -2.50. The Hall–Kier alpha value is -3.68. The van der Waals surface area contributed by atoms with E-state index in [-0.39, 0.29) is 25.1 Å². The van der Waals surface area contributed by atoms with Gasteiger partial charge >= 0.3 is 6.18 Å². The van der Waals surface area contributed by atoms with Gasteiger partial charge in [0, 0.05) is 17.0 Å². The van der Waals surface area contributed by atoms with Gasteiger partial charge in [0.25, 0.3) is 11.8 Å². The van der Waals surface area contributed by atoms with E-state index in [1.165, 1.54) is 17.8 Å². The molecule has 3 aromatic carbocycles. The van der Waals surface area contributed by atoms with Crippen molar-refractivity contribution in [3.8, 4) is 16.9 Å². The number of alkyl halides is 3. The van der Waals surface area contributed by atoms with Crippen molar-refractivity contribution in [2.24, 2.45) is 0 Å².